The topological polar surface area (TPSA) is 75.3 Å². The van der Waals surface area contributed by atoms with Gasteiger partial charge in [0.2, 0.25) is 5.89 Å². The van der Waals surface area contributed by atoms with Crippen LogP contribution in [-0.4, -0.2) is 35.9 Å². The van der Waals surface area contributed by atoms with Gasteiger partial charge in [0, 0.05) is 32.3 Å². The lowest BCUT2D eigenvalue weighted by Crippen LogP contribution is -2.38. The Hall–Kier alpha value is -1.36. The van der Waals surface area contributed by atoms with Crippen LogP contribution in [0.3, 0.4) is 0 Å². The molecule has 9 heteroatoms. The number of nitrogens with one attached hydrogen (secondary N) is 2. The Morgan fingerprint density at radius 3 is 2.76 bits per heavy atom. The summed E-state index contributed by atoms with van der Waals surface area (Å²) < 4.78 is 18.4. The first-order valence-electron chi connectivity index (χ1n) is 7.62. The van der Waals surface area contributed by atoms with E-state index in [4.69, 9.17) is 4.52 Å². The quantitative estimate of drug-likeness (QED) is 0.362. The number of benzene rings is 1. The molecule has 2 N–H and O–H groups in total. The minimum Gasteiger partial charge on any atom is -0.356 e. The molecular weight excluding hydrogens is 456 g/mol. The zero-order valence-electron chi connectivity index (χ0n) is 14.5. The summed E-state index contributed by atoms with van der Waals surface area (Å²) in [6.07, 6.45) is 2.62. The normalized spacial score (nSPS) is 11.1. The van der Waals surface area contributed by atoms with E-state index in [9.17, 15) is 4.39 Å². The molecule has 0 aliphatic carbocycles. The van der Waals surface area contributed by atoms with Crippen molar-refractivity contribution >= 4 is 41.7 Å². The van der Waals surface area contributed by atoms with E-state index in [2.05, 4.69) is 25.8 Å². The molecule has 0 fully saturated rings. The van der Waals surface area contributed by atoms with Crippen LogP contribution in [0.15, 0.2) is 27.7 Å². The molecule has 138 valence electrons. The maximum absolute atomic E-state index is 13.4. The number of thioether (sulfide) groups is 1. The van der Waals surface area contributed by atoms with Crippen molar-refractivity contribution in [2.24, 2.45) is 4.99 Å². The summed E-state index contributed by atoms with van der Waals surface area (Å²) in [7, 11) is 1.71. The molecule has 0 bridgehead atoms. The highest BCUT2D eigenvalue weighted by molar-refractivity contribution is 14.0. The van der Waals surface area contributed by atoms with Crippen molar-refractivity contribution in [2.75, 3.05) is 19.8 Å². The number of hydrogen-bond donors (Lipinski definition) is 2. The van der Waals surface area contributed by atoms with Gasteiger partial charge in [-0.25, -0.2) is 4.39 Å². The molecule has 6 nitrogen and oxygen atoms in total. The Labute approximate surface area is 168 Å². The highest BCUT2D eigenvalue weighted by Crippen LogP contribution is 2.16. The second-order valence-electron chi connectivity index (χ2n) is 5.18. The standard InChI is InChI=1S/C16H22FN5OS.HI/c1-11-21-15(23-22-11)6-7-19-16(18-2)20-9-12-4-5-14(17)8-13(12)10-24-3;/h4-5,8H,6-7,9-10H2,1-3H3,(H2,18,19,20);1H. The van der Waals surface area contributed by atoms with Crippen LogP contribution in [0.25, 0.3) is 0 Å². The molecule has 1 heterocycles. The van der Waals surface area contributed by atoms with Crippen molar-refractivity contribution in [3.05, 3.63) is 46.9 Å². The number of aryl methyl sites for hydroxylation is 1. The highest BCUT2D eigenvalue weighted by atomic mass is 127. The van der Waals surface area contributed by atoms with Crippen LogP contribution in [0.5, 0.6) is 0 Å². The summed E-state index contributed by atoms with van der Waals surface area (Å²) >= 11 is 1.67. The Morgan fingerprint density at radius 2 is 2.12 bits per heavy atom. The van der Waals surface area contributed by atoms with E-state index >= 15 is 0 Å². The van der Waals surface area contributed by atoms with Gasteiger partial charge in [-0.1, -0.05) is 11.2 Å². The van der Waals surface area contributed by atoms with Gasteiger partial charge < -0.3 is 15.2 Å². The number of guanidine groups is 1. The summed E-state index contributed by atoms with van der Waals surface area (Å²) in [5.74, 6) is 2.46. The number of aromatic nitrogens is 2. The molecule has 25 heavy (non-hydrogen) atoms. The molecule has 1 aromatic heterocycles. The monoisotopic (exact) mass is 479 g/mol. The van der Waals surface area contributed by atoms with E-state index in [0.717, 1.165) is 16.9 Å². The van der Waals surface area contributed by atoms with E-state index in [1.165, 1.54) is 6.07 Å². The molecule has 0 aliphatic rings. The molecular formula is C16H23FIN5OS. The van der Waals surface area contributed by atoms with Crippen LogP contribution < -0.4 is 10.6 Å². The molecule has 2 aromatic rings. The molecule has 0 unspecified atom stereocenters. The van der Waals surface area contributed by atoms with Gasteiger partial charge in [0.05, 0.1) is 0 Å². The molecule has 0 saturated heterocycles. The number of rotatable bonds is 7. The number of hydrogen-bond acceptors (Lipinski definition) is 5. The Balaban J connectivity index is 0.00000312. The predicted molar refractivity (Wildman–Crippen MR) is 110 cm³/mol. The Kier molecular flexibility index (Phi) is 9.79. The highest BCUT2D eigenvalue weighted by Gasteiger charge is 2.06. The van der Waals surface area contributed by atoms with Crippen LogP contribution in [-0.2, 0) is 18.7 Å². The van der Waals surface area contributed by atoms with Gasteiger partial charge in [-0.15, -0.1) is 24.0 Å². The van der Waals surface area contributed by atoms with Crippen molar-refractivity contribution in [2.45, 2.75) is 25.6 Å². The van der Waals surface area contributed by atoms with Crippen LogP contribution in [0.4, 0.5) is 4.39 Å². The molecule has 0 radical (unpaired) electrons. The Bertz CT molecular complexity index is 695. The van der Waals surface area contributed by atoms with Gasteiger partial charge in [0.15, 0.2) is 11.8 Å². The van der Waals surface area contributed by atoms with Crippen LogP contribution in [0.1, 0.15) is 22.8 Å². The summed E-state index contributed by atoms with van der Waals surface area (Å²) in [4.78, 5) is 8.33. The van der Waals surface area contributed by atoms with Crippen LogP contribution in [0.2, 0.25) is 0 Å². The van der Waals surface area contributed by atoms with Gasteiger partial charge in [-0.2, -0.15) is 16.7 Å². The smallest absolute Gasteiger partial charge is 0.228 e. The van der Waals surface area contributed by atoms with Crippen LogP contribution in [0, 0.1) is 12.7 Å². The first kappa shape index (κ1) is 21.7. The second kappa shape index (κ2) is 11.3. The summed E-state index contributed by atoms with van der Waals surface area (Å²) in [5, 5.41) is 10.2. The molecule has 0 atom stereocenters. The van der Waals surface area contributed by atoms with Gasteiger partial charge in [-0.3, -0.25) is 4.99 Å². The maximum atomic E-state index is 13.4. The van der Waals surface area contributed by atoms with E-state index in [-0.39, 0.29) is 29.8 Å². The Morgan fingerprint density at radius 1 is 1.32 bits per heavy atom. The van der Waals surface area contributed by atoms with E-state index < -0.39 is 0 Å². The van der Waals surface area contributed by atoms with Crippen molar-refractivity contribution in [3.8, 4) is 0 Å². The van der Waals surface area contributed by atoms with Gasteiger partial charge in [0.1, 0.15) is 5.82 Å². The first-order valence-corrected chi connectivity index (χ1v) is 9.01. The third-order valence-corrected chi connectivity index (χ3v) is 3.94. The SMILES string of the molecule is CN=C(NCCc1nc(C)no1)NCc1ccc(F)cc1CSC.I. The number of nitrogens with zero attached hydrogens (tertiary/aromatic N) is 3. The summed E-state index contributed by atoms with van der Waals surface area (Å²) in [6.45, 7) is 2.99. The summed E-state index contributed by atoms with van der Waals surface area (Å²) in [6, 6.07) is 4.87. The largest absolute Gasteiger partial charge is 0.356 e. The predicted octanol–water partition coefficient (Wildman–Crippen LogP) is 2.91. The lowest BCUT2D eigenvalue weighted by molar-refractivity contribution is 0.374. The third-order valence-electron chi connectivity index (χ3n) is 3.34. The van der Waals surface area contributed by atoms with Crippen molar-refractivity contribution < 1.29 is 8.91 Å². The molecule has 0 saturated carbocycles. The minimum atomic E-state index is -0.208. The lowest BCUT2D eigenvalue weighted by Gasteiger charge is -2.13. The second-order valence-corrected chi connectivity index (χ2v) is 6.05. The van der Waals surface area contributed by atoms with E-state index in [0.29, 0.717) is 37.2 Å². The van der Waals surface area contributed by atoms with E-state index in [1.54, 1.807) is 31.8 Å². The average molecular weight is 479 g/mol. The molecule has 0 amide bonds. The van der Waals surface area contributed by atoms with Gasteiger partial charge in [-0.05, 0) is 36.4 Å². The first-order chi connectivity index (χ1) is 11.6. The van der Waals surface area contributed by atoms with E-state index in [1.807, 2.05) is 12.3 Å². The maximum Gasteiger partial charge on any atom is 0.228 e. The zero-order chi connectivity index (χ0) is 17.4. The zero-order valence-corrected chi connectivity index (χ0v) is 17.7. The van der Waals surface area contributed by atoms with Crippen LogP contribution >= 0.6 is 35.7 Å². The minimum absolute atomic E-state index is 0. The average Bonchev–Trinajstić information content (AvgIpc) is 2.98. The molecule has 0 aliphatic heterocycles. The van der Waals surface area contributed by atoms with Gasteiger partial charge in [0.25, 0.3) is 0 Å². The fourth-order valence-electron chi connectivity index (χ4n) is 2.19. The van der Waals surface area contributed by atoms with Crippen molar-refractivity contribution in [1.29, 1.82) is 0 Å². The molecule has 2 rings (SSSR count). The fraction of sp³-hybridized carbons (Fsp3) is 0.438. The van der Waals surface area contributed by atoms with Crippen molar-refractivity contribution in [3.63, 3.8) is 0 Å². The molecule has 1 aromatic carbocycles. The van der Waals surface area contributed by atoms with Gasteiger partial charge >= 0.3 is 0 Å². The molecule has 0 spiro atoms. The van der Waals surface area contributed by atoms with Crippen molar-refractivity contribution in [1.82, 2.24) is 20.8 Å². The number of halogens is 2. The third kappa shape index (κ3) is 7.18. The number of aliphatic imine (C=N–C) groups is 1. The fourth-order valence-corrected chi connectivity index (χ4v) is 2.77. The summed E-state index contributed by atoms with van der Waals surface area (Å²) in [5.41, 5.74) is 2.05. The lowest BCUT2D eigenvalue weighted by atomic mass is 10.1.